The van der Waals surface area contributed by atoms with E-state index in [1.165, 1.54) is 31.0 Å². The number of nitro groups is 1. The molecule has 0 aliphatic carbocycles. The maximum Gasteiger partial charge on any atom is 0.311 e. The van der Waals surface area contributed by atoms with E-state index in [0.29, 0.717) is 33.8 Å². The van der Waals surface area contributed by atoms with Gasteiger partial charge in [0.15, 0.2) is 16.7 Å². The Labute approximate surface area is 211 Å². The minimum absolute atomic E-state index is 0.0560. The molecule has 1 aliphatic heterocycles. The monoisotopic (exact) mass is 517 g/mol. The van der Waals surface area contributed by atoms with Crippen LogP contribution in [0.2, 0.25) is 5.02 Å². The van der Waals surface area contributed by atoms with Crippen molar-refractivity contribution >= 4 is 40.6 Å². The van der Waals surface area contributed by atoms with Crippen molar-refractivity contribution in [2.24, 2.45) is 0 Å². The topological polar surface area (TPSA) is 121 Å². The normalized spacial score (nSPS) is 15.2. The Bertz CT molecular complexity index is 1230. The molecule has 0 spiro atoms. The van der Waals surface area contributed by atoms with E-state index in [0.717, 1.165) is 25.0 Å². The number of aryl methyl sites for hydroxylation is 1. The van der Waals surface area contributed by atoms with Crippen molar-refractivity contribution in [1.82, 2.24) is 14.8 Å². The van der Waals surface area contributed by atoms with E-state index in [1.807, 2.05) is 16.7 Å². The highest BCUT2D eigenvalue weighted by Crippen LogP contribution is 2.33. The Morgan fingerprint density at radius 1 is 1.34 bits per heavy atom. The fourth-order valence-corrected chi connectivity index (χ4v) is 4.67. The van der Waals surface area contributed by atoms with E-state index >= 15 is 0 Å². The zero-order valence-electron chi connectivity index (χ0n) is 19.2. The van der Waals surface area contributed by atoms with Crippen LogP contribution in [-0.2, 0) is 16.1 Å². The standard InChI is InChI=1S/C23H24ClN5O5S/c1-14-10-19(29(31)32)20(33-2)11-18(14)25-21(30)13-35-23-27-26-22(15-5-7-16(24)8-6-15)28(23)12-17-4-3-9-34-17/h5-8,10-11,17H,3-4,9,12-13H2,1-2H3,(H,25,30)/t17-/m0/s1. The predicted molar refractivity (Wildman–Crippen MR) is 133 cm³/mol. The Kier molecular flexibility index (Phi) is 7.89. The van der Waals surface area contributed by atoms with Crippen LogP contribution in [0.5, 0.6) is 5.75 Å². The minimum Gasteiger partial charge on any atom is -0.490 e. The second kappa shape index (κ2) is 11.1. The summed E-state index contributed by atoms with van der Waals surface area (Å²) in [7, 11) is 1.35. The van der Waals surface area contributed by atoms with Gasteiger partial charge in [-0.15, -0.1) is 10.2 Å². The van der Waals surface area contributed by atoms with Crippen LogP contribution in [0.15, 0.2) is 41.6 Å². The molecule has 2 aromatic carbocycles. The fourth-order valence-electron chi connectivity index (χ4n) is 3.79. The summed E-state index contributed by atoms with van der Waals surface area (Å²) in [6.45, 7) is 2.99. The number of carbonyl (C=O) groups excluding carboxylic acids is 1. The van der Waals surface area contributed by atoms with Crippen LogP contribution in [0.25, 0.3) is 11.4 Å². The van der Waals surface area contributed by atoms with E-state index in [2.05, 4.69) is 15.5 Å². The van der Waals surface area contributed by atoms with Gasteiger partial charge in [-0.3, -0.25) is 19.5 Å². The first-order valence-corrected chi connectivity index (χ1v) is 12.3. The maximum absolute atomic E-state index is 12.7. The molecule has 4 rings (SSSR count). The molecule has 1 atom stereocenters. The van der Waals surface area contributed by atoms with Crippen LogP contribution in [0, 0.1) is 17.0 Å². The molecule has 0 radical (unpaired) electrons. The lowest BCUT2D eigenvalue weighted by Gasteiger charge is -2.15. The summed E-state index contributed by atoms with van der Waals surface area (Å²) in [5.74, 6) is 0.542. The average molecular weight is 518 g/mol. The van der Waals surface area contributed by atoms with Crippen LogP contribution in [0.3, 0.4) is 0 Å². The number of ether oxygens (including phenoxy) is 2. The number of methoxy groups -OCH3 is 1. The van der Waals surface area contributed by atoms with E-state index in [1.54, 1.807) is 19.1 Å². The molecule has 184 valence electrons. The summed E-state index contributed by atoms with van der Waals surface area (Å²) >= 11 is 7.29. The first-order valence-electron chi connectivity index (χ1n) is 10.9. The Hall–Kier alpha value is -3.15. The van der Waals surface area contributed by atoms with Crippen LogP contribution in [0.1, 0.15) is 18.4 Å². The molecule has 1 aromatic heterocycles. The van der Waals surface area contributed by atoms with E-state index in [-0.39, 0.29) is 29.2 Å². The summed E-state index contributed by atoms with van der Waals surface area (Å²) < 4.78 is 12.9. The quantitative estimate of drug-likeness (QED) is 0.245. The van der Waals surface area contributed by atoms with Gasteiger partial charge in [0.1, 0.15) is 0 Å². The lowest BCUT2D eigenvalue weighted by molar-refractivity contribution is -0.385. The third-order valence-corrected chi connectivity index (χ3v) is 6.78. The number of nitro benzene ring substituents is 1. The van der Waals surface area contributed by atoms with Crippen molar-refractivity contribution in [3.05, 3.63) is 57.1 Å². The van der Waals surface area contributed by atoms with Crippen molar-refractivity contribution < 1.29 is 19.2 Å². The van der Waals surface area contributed by atoms with Gasteiger partial charge in [-0.25, -0.2) is 0 Å². The van der Waals surface area contributed by atoms with Gasteiger partial charge in [0, 0.05) is 35.0 Å². The molecule has 1 fully saturated rings. The third-order valence-electron chi connectivity index (χ3n) is 5.56. The van der Waals surface area contributed by atoms with E-state index < -0.39 is 4.92 Å². The van der Waals surface area contributed by atoms with Gasteiger partial charge >= 0.3 is 5.69 Å². The number of aromatic nitrogens is 3. The van der Waals surface area contributed by atoms with E-state index in [9.17, 15) is 14.9 Å². The zero-order valence-corrected chi connectivity index (χ0v) is 20.8. The van der Waals surface area contributed by atoms with Crippen LogP contribution in [-0.4, -0.2) is 51.2 Å². The molecular weight excluding hydrogens is 494 g/mol. The number of nitrogens with zero attached hydrogens (tertiary/aromatic N) is 4. The molecule has 35 heavy (non-hydrogen) atoms. The van der Waals surface area contributed by atoms with Crippen LogP contribution < -0.4 is 10.1 Å². The summed E-state index contributed by atoms with van der Waals surface area (Å²) in [4.78, 5) is 23.4. The predicted octanol–water partition coefficient (Wildman–Crippen LogP) is 4.73. The van der Waals surface area contributed by atoms with Crippen molar-refractivity contribution in [3.8, 4) is 17.1 Å². The molecule has 0 unspecified atom stereocenters. The van der Waals surface area contributed by atoms with Crippen molar-refractivity contribution in [2.45, 2.75) is 37.6 Å². The fraction of sp³-hybridized carbons (Fsp3) is 0.348. The smallest absolute Gasteiger partial charge is 0.311 e. The van der Waals surface area contributed by atoms with Crippen molar-refractivity contribution in [1.29, 1.82) is 0 Å². The Morgan fingerprint density at radius 3 is 2.77 bits per heavy atom. The molecule has 3 aromatic rings. The molecule has 1 saturated heterocycles. The third kappa shape index (κ3) is 5.92. The Morgan fingerprint density at radius 2 is 2.11 bits per heavy atom. The number of rotatable bonds is 9. The number of carbonyl (C=O) groups is 1. The summed E-state index contributed by atoms with van der Waals surface area (Å²) in [6, 6.07) is 10.2. The van der Waals surface area contributed by atoms with E-state index in [4.69, 9.17) is 21.1 Å². The highest BCUT2D eigenvalue weighted by molar-refractivity contribution is 7.99. The maximum atomic E-state index is 12.7. The first-order chi connectivity index (χ1) is 16.9. The Balaban J connectivity index is 1.50. The molecule has 10 nitrogen and oxygen atoms in total. The summed E-state index contributed by atoms with van der Waals surface area (Å²) in [5.41, 5.74) is 1.71. The van der Waals surface area contributed by atoms with Crippen LogP contribution in [0.4, 0.5) is 11.4 Å². The highest BCUT2D eigenvalue weighted by atomic mass is 35.5. The van der Waals surface area contributed by atoms with Gasteiger partial charge in [-0.05, 0) is 49.6 Å². The number of benzene rings is 2. The lowest BCUT2D eigenvalue weighted by Crippen LogP contribution is -2.18. The average Bonchev–Trinajstić information content (AvgIpc) is 3.49. The minimum atomic E-state index is -0.521. The molecule has 1 aliphatic rings. The number of thioether (sulfide) groups is 1. The molecule has 12 heteroatoms. The number of hydrogen-bond donors (Lipinski definition) is 1. The number of nitrogens with one attached hydrogen (secondary N) is 1. The van der Waals surface area contributed by atoms with Gasteiger partial charge in [0.05, 0.1) is 30.4 Å². The lowest BCUT2D eigenvalue weighted by atomic mass is 10.1. The molecule has 2 heterocycles. The largest absolute Gasteiger partial charge is 0.490 e. The van der Waals surface area contributed by atoms with Gasteiger partial charge in [-0.2, -0.15) is 0 Å². The molecule has 0 saturated carbocycles. The van der Waals surface area contributed by atoms with Crippen molar-refractivity contribution in [2.75, 3.05) is 24.8 Å². The molecular formula is C23H24ClN5O5S. The van der Waals surface area contributed by atoms with Gasteiger partial charge in [0.2, 0.25) is 5.91 Å². The number of amides is 1. The number of anilines is 1. The van der Waals surface area contributed by atoms with Crippen molar-refractivity contribution in [3.63, 3.8) is 0 Å². The summed E-state index contributed by atoms with van der Waals surface area (Å²) in [5, 5.41) is 23.9. The molecule has 0 bridgehead atoms. The highest BCUT2D eigenvalue weighted by Gasteiger charge is 2.23. The second-order valence-corrected chi connectivity index (χ2v) is 9.37. The zero-order chi connectivity index (χ0) is 24.9. The first kappa shape index (κ1) is 25.0. The van der Waals surface area contributed by atoms with Gasteiger partial charge in [-0.1, -0.05) is 23.4 Å². The van der Waals surface area contributed by atoms with Crippen LogP contribution >= 0.6 is 23.4 Å². The second-order valence-electron chi connectivity index (χ2n) is 7.99. The SMILES string of the molecule is COc1cc(NC(=O)CSc2nnc(-c3ccc(Cl)cc3)n2C[C@@H]2CCCO2)c(C)cc1[N+](=O)[O-]. The molecule has 1 N–H and O–H groups in total. The van der Waals surface area contributed by atoms with Gasteiger partial charge < -0.3 is 14.8 Å². The number of halogens is 1. The van der Waals surface area contributed by atoms with Gasteiger partial charge in [0.25, 0.3) is 0 Å². The number of hydrogen-bond acceptors (Lipinski definition) is 8. The molecule has 1 amide bonds. The summed E-state index contributed by atoms with van der Waals surface area (Å²) in [6.07, 6.45) is 2.01.